The molecule has 2 aromatic rings. The zero-order chi connectivity index (χ0) is 14.2. The van der Waals surface area contributed by atoms with Crippen LogP contribution in [0.5, 0.6) is 0 Å². The van der Waals surface area contributed by atoms with Gasteiger partial charge in [-0.3, -0.25) is 15.3 Å². The van der Waals surface area contributed by atoms with E-state index in [2.05, 4.69) is 15.3 Å². The van der Waals surface area contributed by atoms with Gasteiger partial charge >= 0.3 is 0 Å². The van der Waals surface area contributed by atoms with E-state index in [1.165, 1.54) is 0 Å². The van der Waals surface area contributed by atoms with Gasteiger partial charge in [-0.05, 0) is 36.2 Å². The fourth-order valence-corrected chi connectivity index (χ4v) is 1.83. The number of hydrogen-bond acceptors (Lipinski definition) is 3. The first kappa shape index (κ1) is 14.0. The van der Waals surface area contributed by atoms with Gasteiger partial charge in [-0.15, -0.1) is 0 Å². The monoisotopic (exact) mass is 284 g/mol. The summed E-state index contributed by atoms with van der Waals surface area (Å²) in [6, 6.07) is 11.3. The third-order valence-electron chi connectivity index (χ3n) is 2.69. The lowest BCUT2D eigenvalue weighted by Gasteiger charge is -2.04. The predicted molar refractivity (Wildman–Crippen MR) is 79.5 cm³/mol. The Morgan fingerprint density at radius 2 is 2.10 bits per heavy atom. The number of hydrogen-bond donors (Lipinski definition) is 1. The molecule has 0 saturated heterocycles. The van der Waals surface area contributed by atoms with Gasteiger partial charge < -0.3 is 0 Å². The molecule has 0 unspecified atom stereocenters. The third-order valence-corrected chi connectivity index (χ3v) is 2.94. The second-order valence-electron chi connectivity index (χ2n) is 4.09. The van der Waals surface area contributed by atoms with Crippen LogP contribution < -0.4 is 5.32 Å². The van der Waals surface area contributed by atoms with Crippen LogP contribution in [0, 0.1) is 11.5 Å². The fraction of sp³-hybridized carbons (Fsp3) is 0.133. The minimum Gasteiger partial charge on any atom is -0.277 e. The molecule has 4 nitrogen and oxygen atoms in total. The smallest absolute Gasteiger partial charge is 0.182 e. The van der Waals surface area contributed by atoms with E-state index in [0.717, 1.165) is 22.6 Å². The number of amidine groups is 1. The highest BCUT2D eigenvalue weighted by molar-refractivity contribution is 6.30. The number of nitrogens with zero attached hydrogens (tertiary/aromatic N) is 3. The standard InChI is InChI=1S/C15H13ClN4/c16-14-5-3-12(4-6-14)7-9-19-15(20-11-17)13-2-1-8-18-10-13/h1-6,8,10H,7,9H2,(H,19,20). The van der Waals surface area contributed by atoms with Gasteiger partial charge in [-0.25, -0.2) is 0 Å². The molecule has 0 amide bonds. The summed E-state index contributed by atoms with van der Waals surface area (Å²) in [6.45, 7) is 0.584. The molecule has 1 aromatic heterocycles. The highest BCUT2D eigenvalue weighted by Gasteiger charge is 2.02. The first-order valence-corrected chi connectivity index (χ1v) is 6.52. The minimum atomic E-state index is 0.537. The summed E-state index contributed by atoms with van der Waals surface area (Å²) in [5, 5.41) is 12.1. The maximum absolute atomic E-state index is 8.77. The van der Waals surface area contributed by atoms with Crippen LogP contribution in [0.3, 0.4) is 0 Å². The first-order valence-electron chi connectivity index (χ1n) is 6.14. The van der Waals surface area contributed by atoms with Crippen LogP contribution in [-0.2, 0) is 6.42 Å². The average molecular weight is 285 g/mol. The quantitative estimate of drug-likeness (QED) is 0.406. The summed E-state index contributed by atoms with van der Waals surface area (Å²) in [4.78, 5) is 8.43. The van der Waals surface area contributed by atoms with Crippen molar-refractivity contribution in [3.8, 4) is 6.19 Å². The van der Waals surface area contributed by atoms with Crippen molar-refractivity contribution in [2.75, 3.05) is 6.54 Å². The molecule has 0 aliphatic rings. The highest BCUT2D eigenvalue weighted by atomic mass is 35.5. The third kappa shape index (κ3) is 4.08. The zero-order valence-electron chi connectivity index (χ0n) is 10.8. The Labute approximate surface area is 122 Å². The Bertz CT molecular complexity index is 615. The summed E-state index contributed by atoms with van der Waals surface area (Å²) in [5.74, 6) is 0.537. The molecule has 0 aliphatic carbocycles. The molecule has 1 aromatic carbocycles. The maximum atomic E-state index is 8.77. The lowest BCUT2D eigenvalue weighted by atomic mass is 10.1. The summed E-state index contributed by atoms with van der Waals surface area (Å²) >= 11 is 5.84. The number of aliphatic imine (C=N–C) groups is 1. The van der Waals surface area contributed by atoms with Gasteiger partial charge in [0.15, 0.2) is 6.19 Å². The number of aromatic nitrogens is 1. The Balaban J connectivity index is 2.03. The summed E-state index contributed by atoms with van der Waals surface area (Å²) < 4.78 is 0. The summed E-state index contributed by atoms with van der Waals surface area (Å²) in [6.07, 6.45) is 6.04. The Hall–Kier alpha value is -2.38. The van der Waals surface area contributed by atoms with Crippen LogP contribution in [0.1, 0.15) is 11.1 Å². The molecule has 0 aliphatic heterocycles. The van der Waals surface area contributed by atoms with Crippen LogP contribution in [-0.4, -0.2) is 17.4 Å². The lowest BCUT2D eigenvalue weighted by molar-refractivity contribution is 0.958. The number of pyridine rings is 1. The van der Waals surface area contributed by atoms with Gasteiger partial charge in [0.2, 0.25) is 0 Å². The van der Waals surface area contributed by atoms with Crippen molar-refractivity contribution >= 4 is 17.4 Å². The van der Waals surface area contributed by atoms with Gasteiger partial charge in [-0.2, -0.15) is 5.26 Å². The zero-order valence-corrected chi connectivity index (χ0v) is 11.5. The molecular weight excluding hydrogens is 272 g/mol. The molecule has 0 bridgehead atoms. The molecule has 0 saturated carbocycles. The number of rotatable bonds is 4. The topological polar surface area (TPSA) is 61.1 Å². The molecule has 0 radical (unpaired) electrons. The highest BCUT2D eigenvalue weighted by Crippen LogP contribution is 2.10. The normalized spacial score (nSPS) is 10.9. The van der Waals surface area contributed by atoms with Crippen molar-refractivity contribution in [3.63, 3.8) is 0 Å². The Morgan fingerprint density at radius 1 is 1.30 bits per heavy atom. The first-order chi connectivity index (χ1) is 9.79. The molecule has 5 heteroatoms. The van der Waals surface area contributed by atoms with Gasteiger partial charge in [0.25, 0.3) is 0 Å². The van der Waals surface area contributed by atoms with E-state index in [1.54, 1.807) is 12.4 Å². The predicted octanol–water partition coefficient (Wildman–Crippen LogP) is 2.79. The SMILES string of the molecule is N#CNC(=NCCc1ccc(Cl)cc1)c1cccnc1. The van der Waals surface area contributed by atoms with Gasteiger partial charge in [-0.1, -0.05) is 23.7 Å². The van der Waals surface area contributed by atoms with Gasteiger partial charge in [0, 0.05) is 29.5 Å². The Kier molecular flexibility index (Phi) is 5.10. The van der Waals surface area contributed by atoms with Crippen molar-refractivity contribution in [2.24, 2.45) is 4.99 Å². The van der Waals surface area contributed by atoms with E-state index in [4.69, 9.17) is 16.9 Å². The number of nitriles is 1. The van der Waals surface area contributed by atoms with Crippen LogP contribution in [0.15, 0.2) is 53.8 Å². The second-order valence-corrected chi connectivity index (χ2v) is 4.52. The molecule has 100 valence electrons. The van der Waals surface area contributed by atoms with Crippen molar-refractivity contribution in [2.45, 2.75) is 6.42 Å². The molecule has 0 atom stereocenters. The summed E-state index contributed by atoms with van der Waals surface area (Å²) in [7, 11) is 0. The molecule has 0 spiro atoms. The molecule has 20 heavy (non-hydrogen) atoms. The van der Waals surface area contributed by atoms with Gasteiger partial charge in [0.05, 0.1) is 0 Å². The molecular formula is C15H13ClN4. The second kappa shape index (κ2) is 7.27. The molecule has 0 fully saturated rings. The van der Waals surface area contributed by atoms with Crippen molar-refractivity contribution in [1.82, 2.24) is 10.3 Å². The van der Waals surface area contributed by atoms with E-state index in [-0.39, 0.29) is 0 Å². The van der Waals surface area contributed by atoms with Crippen molar-refractivity contribution < 1.29 is 0 Å². The number of halogens is 1. The largest absolute Gasteiger partial charge is 0.277 e. The van der Waals surface area contributed by atoms with Crippen molar-refractivity contribution in [1.29, 1.82) is 5.26 Å². The summed E-state index contributed by atoms with van der Waals surface area (Å²) in [5.41, 5.74) is 1.95. The molecule has 1 heterocycles. The van der Waals surface area contributed by atoms with Crippen LogP contribution in [0.2, 0.25) is 5.02 Å². The lowest BCUT2D eigenvalue weighted by Crippen LogP contribution is -2.20. The van der Waals surface area contributed by atoms with E-state index in [1.807, 2.05) is 42.6 Å². The van der Waals surface area contributed by atoms with E-state index < -0.39 is 0 Å². The van der Waals surface area contributed by atoms with Crippen molar-refractivity contribution in [3.05, 3.63) is 64.9 Å². The Morgan fingerprint density at radius 3 is 2.75 bits per heavy atom. The molecule has 1 N–H and O–H groups in total. The average Bonchev–Trinajstić information content (AvgIpc) is 2.49. The number of benzene rings is 1. The fourth-order valence-electron chi connectivity index (χ4n) is 1.71. The van der Waals surface area contributed by atoms with E-state index >= 15 is 0 Å². The maximum Gasteiger partial charge on any atom is 0.182 e. The van der Waals surface area contributed by atoms with E-state index in [9.17, 15) is 0 Å². The van der Waals surface area contributed by atoms with Crippen LogP contribution >= 0.6 is 11.6 Å². The minimum absolute atomic E-state index is 0.537. The van der Waals surface area contributed by atoms with E-state index in [0.29, 0.717) is 12.4 Å². The van der Waals surface area contributed by atoms with Crippen LogP contribution in [0.25, 0.3) is 0 Å². The molecule has 2 rings (SSSR count). The van der Waals surface area contributed by atoms with Crippen LogP contribution in [0.4, 0.5) is 0 Å². The van der Waals surface area contributed by atoms with Gasteiger partial charge in [0.1, 0.15) is 5.84 Å². The number of nitrogens with one attached hydrogen (secondary N) is 1.